The molecule has 0 aliphatic carbocycles. The number of thiazole rings is 1. The smallest absolute Gasteiger partial charge is 0.416 e. The third-order valence-corrected chi connectivity index (χ3v) is 7.12. The Kier molecular flexibility index (Phi) is 5.20. The number of hydrogen-bond acceptors (Lipinski definition) is 6. The van der Waals surface area contributed by atoms with Gasteiger partial charge in [-0.05, 0) is 57.9 Å². The molecule has 0 fully saturated rings. The molecule has 3 aromatic rings. The van der Waals surface area contributed by atoms with Gasteiger partial charge in [-0.3, -0.25) is 0 Å². The van der Waals surface area contributed by atoms with E-state index in [1.165, 1.54) is 28.7 Å². The zero-order valence-corrected chi connectivity index (χ0v) is 19.1. The van der Waals surface area contributed by atoms with Crippen LogP contribution in [0.3, 0.4) is 0 Å². The summed E-state index contributed by atoms with van der Waals surface area (Å²) in [6.45, 7) is 7.79. The standard InChI is InChI=1S/C21H22F3N3O2S2/c1-10-7-12-15(9-27(10)19(28)29-20(2,3)4)30-17(25)16(12)18-26-13-8-11(21(22,23)24)5-6-14(13)31-18/h5-6,8,10H,7,9,25H2,1-4H3. The minimum absolute atomic E-state index is 0.110. The number of thiophene rings is 1. The summed E-state index contributed by atoms with van der Waals surface area (Å²) in [7, 11) is 0. The van der Waals surface area contributed by atoms with Gasteiger partial charge in [0.25, 0.3) is 0 Å². The molecule has 4 rings (SSSR count). The normalized spacial score (nSPS) is 17.1. The zero-order valence-electron chi connectivity index (χ0n) is 17.5. The molecule has 1 aliphatic heterocycles. The van der Waals surface area contributed by atoms with E-state index in [2.05, 4.69) is 4.98 Å². The highest BCUT2D eigenvalue weighted by Crippen LogP contribution is 2.45. The quantitative estimate of drug-likeness (QED) is 0.454. The molecule has 10 heteroatoms. The van der Waals surface area contributed by atoms with E-state index < -0.39 is 17.3 Å². The Morgan fingerprint density at radius 1 is 1.26 bits per heavy atom. The van der Waals surface area contributed by atoms with E-state index in [9.17, 15) is 18.0 Å². The van der Waals surface area contributed by atoms with Crippen molar-refractivity contribution in [3.05, 3.63) is 34.2 Å². The molecule has 0 radical (unpaired) electrons. The minimum atomic E-state index is -4.42. The van der Waals surface area contributed by atoms with Crippen molar-refractivity contribution in [1.29, 1.82) is 0 Å². The number of hydrogen-bond donors (Lipinski definition) is 1. The van der Waals surface area contributed by atoms with Crippen molar-refractivity contribution in [2.45, 2.75) is 58.5 Å². The number of benzene rings is 1. The molecule has 3 heterocycles. The maximum Gasteiger partial charge on any atom is 0.416 e. The first kappa shape index (κ1) is 21.9. The number of nitrogens with zero attached hydrogens (tertiary/aromatic N) is 2. The summed E-state index contributed by atoms with van der Waals surface area (Å²) in [5.74, 6) is 0. The molecule has 0 spiro atoms. The predicted octanol–water partition coefficient (Wildman–Crippen LogP) is 6.31. The van der Waals surface area contributed by atoms with Crippen molar-refractivity contribution in [3.8, 4) is 10.6 Å². The van der Waals surface area contributed by atoms with Crippen molar-refractivity contribution in [3.63, 3.8) is 0 Å². The Labute approximate surface area is 185 Å². The molecule has 0 saturated heterocycles. The number of alkyl halides is 3. The van der Waals surface area contributed by atoms with Crippen LogP contribution in [0, 0.1) is 0 Å². The number of carbonyl (C=O) groups excluding carboxylic acids is 1. The van der Waals surface area contributed by atoms with Crippen LogP contribution in [0.2, 0.25) is 0 Å². The summed E-state index contributed by atoms with van der Waals surface area (Å²) in [6, 6.07) is 3.47. The van der Waals surface area contributed by atoms with Gasteiger partial charge in [0.1, 0.15) is 10.6 Å². The lowest BCUT2D eigenvalue weighted by Gasteiger charge is -2.35. The molecular weight excluding hydrogens is 447 g/mol. The molecule has 1 atom stereocenters. The summed E-state index contributed by atoms with van der Waals surface area (Å²) in [5.41, 5.74) is 7.07. The second kappa shape index (κ2) is 7.37. The molecular formula is C21H22F3N3O2S2. The minimum Gasteiger partial charge on any atom is -0.444 e. The number of nitrogen functional groups attached to an aromatic ring is 1. The van der Waals surface area contributed by atoms with Gasteiger partial charge in [-0.15, -0.1) is 22.7 Å². The van der Waals surface area contributed by atoms with E-state index in [0.717, 1.165) is 28.1 Å². The van der Waals surface area contributed by atoms with Crippen molar-refractivity contribution in [2.75, 3.05) is 5.73 Å². The fourth-order valence-electron chi connectivity index (χ4n) is 3.60. The SMILES string of the molecule is CC1Cc2c(sc(N)c2-c2nc3cc(C(F)(F)F)ccc3s2)CN1C(=O)OC(C)(C)C. The van der Waals surface area contributed by atoms with Crippen LogP contribution >= 0.6 is 22.7 Å². The van der Waals surface area contributed by atoms with E-state index in [1.807, 2.05) is 27.7 Å². The average molecular weight is 470 g/mol. The van der Waals surface area contributed by atoms with Gasteiger partial charge in [0.15, 0.2) is 0 Å². The highest BCUT2D eigenvalue weighted by atomic mass is 32.1. The number of halogens is 3. The van der Waals surface area contributed by atoms with E-state index in [1.54, 1.807) is 4.90 Å². The number of carbonyl (C=O) groups is 1. The van der Waals surface area contributed by atoms with E-state index in [4.69, 9.17) is 10.5 Å². The van der Waals surface area contributed by atoms with Crippen LogP contribution in [-0.4, -0.2) is 27.6 Å². The van der Waals surface area contributed by atoms with E-state index in [0.29, 0.717) is 33.2 Å². The van der Waals surface area contributed by atoms with Crippen LogP contribution in [-0.2, 0) is 23.9 Å². The molecule has 1 amide bonds. The number of nitrogens with two attached hydrogens (primary N) is 1. The van der Waals surface area contributed by atoms with Gasteiger partial charge in [0.05, 0.1) is 27.3 Å². The fourth-order valence-corrected chi connectivity index (χ4v) is 5.80. The van der Waals surface area contributed by atoms with Gasteiger partial charge in [0, 0.05) is 16.5 Å². The van der Waals surface area contributed by atoms with Crippen LogP contribution in [0.25, 0.3) is 20.8 Å². The summed E-state index contributed by atoms with van der Waals surface area (Å²) < 4.78 is 45.3. The van der Waals surface area contributed by atoms with Crippen molar-refractivity contribution < 1.29 is 22.7 Å². The molecule has 1 unspecified atom stereocenters. The number of fused-ring (bicyclic) bond motifs is 2. The Morgan fingerprint density at radius 2 is 1.97 bits per heavy atom. The molecule has 1 aromatic carbocycles. The van der Waals surface area contributed by atoms with Gasteiger partial charge < -0.3 is 15.4 Å². The average Bonchev–Trinajstić information content (AvgIpc) is 3.17. The monoisotopic (exact) mass is 469 g/mol. The molecule has 2 aromatic heterocycles. The van der Waals surface area contributed by atoms with Gasteiger partial charge in [0.2, 0.25) is 0 Å². The molecule has 1 aliphatic rings. The molecule has 166 valence electrons. The maximum absolute atomic E-state index is 13.0. The lowest BCUT2D eigenvalue weighted by atomic mass is 9.98. The highest BCUT2D eigenvalue weighted by molar-refractivity contribution is 7.22. The number of ether oxygens (including phenoxy) is 1. The molecule has 5 nitrogen and oxygen atoms in total. The van der Waals surface area contributed by atoms with Crippen LogP contribution in [0.5, 0.6) is 0 Å². The van der Waals surface area contributed by atoms with Crippen molar-refractivity contribution in [2.24, 2.45) is 0 Å². The number of amides is 1. The molecule has 0 saturated carbocycles. The predicted molar refractivity (Wildman–Crippen MR) is 117 cm³/mol. The Balaban J connectivity index is 1.69. The van der Waals surface area contributed by atoms with Gasteiger partial charge in [-0.1, -0.05) is 0 Å². The number of rotatable bonds is 1. The van der Waals surface area contributed by atoms with Crippen molar-refractivity contribution >= 4 is 44.0 Å². The number of anilines is 1. The summed E-state index contributed by atoms with van der Waals surface area (Å²) in [4.78, 5) is 19.7. The summed E-state index contributed by atoms with van der Waals surface area (Å²) in [5, 5.41) is 1.15. The summed E-state index contributed by atoms with van der Waals surface area (Å²) >= 11 is 2.71. The third kappa shape index (κ3) is 4.23. The summed E-state index contributed by atoms with van der Waals surface area (Å²) in [6.07, 6.45) is -4.22. The molecule has 31 heavy (non-hydrogen) atoms. The zero-order chi connectivity index (χ0) is 22.7. The Bertz CT molecular complexity index is 1160. The van der Waals surface area contributed by atoms with Gasteiger partial charge >= 0.3 is 12.3 Å². The Hall–Kier alpha value is -2.33. The maximum atomic E-state index is 13.0. The largest absolute Gasteiger partial charge is 0.444 e. The highest BCUT2D eigenvalue weighted by Gasteiger charge is 2.35. The fraction of sp³-hybridized carbons (Fsp3) is 0.429. The Morgan fingerprint density at radius 3 is 2.61 bits per heavy atom. The van der Waals surface area contributed by atoms with Crippen LogP contribution < -0.4 is 5.73 Å². The van der Waals surface area contributed by atoms with Gasteiger partial charge in [-0.2, -0.15) is 13.2 Å². The second-order valence-electron chi connectivity index (χ2n) is 8.60. The van der Waals surface area contributed by atoms with Gasteiger partial charge in [-0.25, -0.2) is 9.78 Å². The lowest BCUT2D eigenvalue weighted by Crippen LogP contribution is -2.44. The first-order valence-electron chi connectivity index (χ1n) is 9.71. The molecule has 0 bridgehead atoms. The third-order valence-electron chi connectivity index (χ3n) is 5.02. The first-order valence-corrected chi connectivity index (χ1v) is 11.3. The van der Waals surface area contributed by atoms with Crippen LogP contribution in [0.1, 0.15) is 43.7 Å². The number of aromatic nitrogens is 1. The topological polar surface area (TPSA) is 68.5 Å². The van der Waals surface area contributed by atoms with E-state index >= 15 is 0 Å². The van der Waals surface area contributed by atoms with Crippen LogP contribution in [0.15, 0.2) is 18.2 Å². The van der Waals surface area contributed by atoms with Crippen LogP contribution in [0.4, 0.5) is 23.0 Å². The lowest BCUT2D eigenvalue weighted by molar-refractivity contribution is -0.137. The van der Waals surface area contributed by atoms with Crippen molar-refractivity contribution in [1.82, 2.24) is 9.88 Å². The van der Waals surface area contributed by atoms with E-state index in [-0.39, 0.29) is 12.1 Å². The molecule has 2 N–H and O–H groups in total. The second-order valence-corrected chi connectivity index (χ2v) is 10.8. The first-order chi connectivity index (χ1) is 14.3.